The second-order valence-corrected chi connectivity index (χ2v) is 7.63. The van der Waals surface area contributed by atoms with E-state index in [1.807, 2.05) is 31.2 Å². The molecule has 1 saturated heterocycles. The molecule has 29 heavy (non-hydrogen) atoms. The Bertz CT molecular complexity index is 792. The number of nitrogens with one attached hydrogen (secondary N) is 1. The molecule has 5 amide bonds. The number of rotatable bonds is 7. The Labute approximate surface area is 170 Å². The van der Waals surface area contributed by atoms with E-state index in [-0.39, 0.29) is 12.0 Å². The lowest BCUT2D eigenvalue weighted by molar-refractivity contribution is -0.145. The molecule has 1 N–H and O–H groups in total. The zero-order valence-electron chi connectivity index (χ0n) is 16.8. The molecule has 1 aliphatic heterocycles. The van der Waals surface area contributed by atoms with Gasteiger partial charge in [0.1, 0.15) is 12.3 Å². The van der Waals surface area contributed by atoms with Crippen LogP contribution in [0.4, 0.5) is 4.79 Å². The predicted molar refractivity (Wildman–Crippen MR) is 105 cm³/mol. The van der Waals surface area contributed by atoms with Gasteiger partial charge in [0.25, 0.3) is 0 Å². The lowest BCUT2D eigenvalue weighted by atomic mass is 9.85. The van der Waals surface area contributed by atoms with Crippen molar-refractivity contribution < 1.29 is 23.9 Å². The Hall–Kier alpha value is -2.90. The molecule has 2 aliphatic rings. The number of hydrogen-bond acceptors (Lipinski definition) is 5. The Balaban J connectivity index is 1.53. The van der Waals surface area contributed by atoms with Crippen LogP contribution in [0.5, 0.6) is 5.75 Å². The van der Waals surface area contributed by atoms with E-state index >= 15 is 0 Å². The summed E-state index contributed by atoms with van der Waals surface area (Å²) in [5.41, 5.74) is 1.02. The number of amides is 5. The van der Waals surface area contributed by atoms with Crippen LogP contribution in [0, 0.1) is 5.92 Å². The summed E-state index contributed by atoms with van der Waals surface area (Å²) in [6, 6.07) is 6.54. The third-order valence-corrected chi connectivity index (χ3v) is 5.68. The number of nitrogens with zero attached hydrogens (tertiary/aromatic N) is 2. The van der Waals surface area contributed by atoms with Crippen molar-refractivity contribution in [3.8, 4) is 5.75 Å². The maximum Gasteiger partial charge on any atom is 0.334 e. The first-order valence-corrected chi connectivity index (χ1v) is 10.0. The normalized spacial score (nSPS) is 22.2. The number of carbonyl (C=O) groups is 4. The van der Waals surface area contributed by atoms with E-state index in [0.29, 0.717) is 19.4 Å². The molecule has 1 aromatic carbocycles. The van der Waals surface area contributed by atoms with Crippen LogP contribution in [-0.4, -0.2) is 59.8 Å². The van der Waals surface area contributed by atoms with Gasteiger partial charge in [-0.25, -0.2) is 9.69 Å². The van der Waals surface area contributed by atoms with Gasteiger partial charge in [-0.15, -0.1) is 0 Å². The van der Waals surface area contributed by atoms with Crippen molar-refractivity contribution in [3.63, 3.8) is 0 Å². The number of benzene rings is 1. The van der Waals surface area contributed by atoms with Crippen LogP contribution in [0.2, 0.25) is 0 Å². The highest BCUT2D eigenvalue weighted by Crippen LogP contribution is 2.31. The summed E-state index contributed by atoms with van der Waals surface area (Å²) in [5, 5.41) is 2.70. The Morgan fingerprint density at radius 3 is 2.45 bits per heavy atom. The second-order valence-electron chi connectivity index (χ2n) is 7.63. The van der Waals surface area contributed by atoms with Crippen molar-refractivity contribution in [1.82, 2.24) is 15.1 Å². The van der Waals surface area contributed by atoms with E-state index in [2.05, 4.69) is 5.32 Å². The fraction of sp³-hybridized carbons (Fsp3) is 0.524. The summed E-state index contributed by atoms with van der Waals surface area (Å²) >= 11 is 0. The van der Waals surface area contributed by atoms with Crippen LogP contribution >= 0.6 is 0 Å². The molecule has 3 rings (SSSR count). The molecular weight excluding hydrogens is 374 g/mol. The van der Waals surface area contributed by atoms with Crippen LogP contribution < -0.4 is 10.1 Å². The van der Waals surface area contributed by atoms with Gasteiger partial charge < -0.3 is 10.1 Å². The SMILES string of the molecule is COc1ccc(CCNC(=O)CN2C(=O)C(=O)N([C@H]3CCCC[C@H]3C)C2=O)cc1. The third kappa shape index (κ3) is 4.58. The van der Waals surface area contributed by atoms with E-state index in [1.54, 1.807) is 7.11 Å². The summed E-state index contributed by atoms with van der Waals surface area (Å²) in [6.07, 6.45) is 4.20. The Kier molecular flexibility index (Phi) is 6.51. The molecule has 2 atom stereocenters. The van der Waals surface area contributed by atoms with Gasteiger partial charge >= 0.3 is 17.8 Å². The van der Waals surface area contributed by atoms with Crippen molar-refractivity contribution >= 4 is 23.8 Å². The average Bonchev–Trinajstić information content (AvgIpc) is 2.92. The smallest absolute Gasteiger partial charge is 0.334 e. The number of ether oxygens (including phenoxy) is 1. The minimum absolute atomic E-state index is 0.155. The molecule has 1 saturated carbocycles. The number of imide groups is 2. The van der Waals surface area contributed by atoms with Gasteiger partial charge in [-0.05, 0) is 42.9 Å². The first-order valence-electron chi connectivity index (χ1n) is 10.0. The standard InChI is InChI=1S/C21H27N3O5/c1-14-5-3-4-6-17(14)24-20(27)19(26)23(21(24)28)13-18(25)22-12-11-15-7-9-16(29-2)10-8-15/h7-10,14,17H,3-6,11-13H2,1-2H3,(H,22,25)/t14-,17+/m1/s1. The first-order chi connectivity index (χ1) is 13.9. The van der Waals surface area contributed by atoms with Crippen LogP contribution in [0.1, 0.15) is 38.2 Å². The highest BCUT2D eigenvalue weighted by Gasteiger charge is 2.49. The van der Waals surface area contributed by atoms with Crippen LogP contribution in [-0.2, 0) is 20.8 Å². The zero-order valence-corrected chi connectivity index (χ0v) is 16.8. The van der Waals surface area contributed by atoms with E-state index in [0.717, 1.165) is 40.4 Å². The molecular formula is C21H27N3O5. The van der Waals surface area contributed by atoms with Gasteiger partial charge in [-0.2, -0.15) is 0 Å². The topological polar surface area (TPSA) is 96.0 Å². The summed E-state index contributed by atoms with van der Waals surface area (Å²) in [7, 11) is 1.59. The van der Waals surface area contributed by atoms with E-state index in [4.69, 9.17) is 4.74 Å². The van der Waals surface area contributed by atoms with E-state index < -0.39 is 30.3 Å². The monoisotopic (exact) mass is 401 g/mol. The maximum atomic E-state index is 12.7. The van der Waals surface area contributed by atoms with Crippen molar-refractivity contribution in [2.45, 2.75) is 45.1 Å². The molecule has 2 fully saturated rings. The minimum atomic E-state index is -0.918. The van der Waals surface area contributed by atoms with Crippen LogP contribution in [0.15, 0.2) is 24.3 Å². The molecule has 1 heterocycles. The third-order valence-electron chi connectivity index (χ3n) is 5.68. The number of methoxy groups -OCH3 is 1. The summed E-state index contributed by atoms with van der Waals surface area (Å²) < 4.78 is 5.10. The Morgan fingerprint density at radius 2 is 1.79 bits per heavy atom. The lowest BCUT2D eigenvalue weighted by Gasteiger charge is -2.34. The van der Waals surface area contributed by atoms with E-state index in [1.165, 1.54) is 0 Å². The molecule has 0 bridgehead atoms. The molecule has 0 radical (unpaired) electrons. The van der Waals surface area contributed by atoms with Crippen molar-refractivity contribution in [2.75, 3.05) is 20.2 Å². The van der Waals surface area contributed by atoms with Gasteiger partial charge in [0.15, 0.2) is 0 Å². The molecule has 156 valence electrons. The lowest BCUT2D eigenvalue weighted by Crippen LogP contribution is -2.47. The van der Waals surface area contributed by atoms with Crippen LogP contribution in [0.3, 0.4) is 0 Å². The minimum Gasteiger partial charge on any atom is -0.497 e. The highest BCUT2D eigenvalue weighted by atomic mass is 16.5. The van der Waals surface area contributed by atoms with Gasteiger partial charge in [0.2, 0.25) is 5.91 Å². The fourth-order valence-corrected chi connectivity index (χ4v) is 3.97. The first kappa shape index (κ1) is 20.8. The number of hydrogen-bond donors (Lipinski definition) is 1. The van der Waals surface area contributed by atoms with Gasteiger partial charge in [0.05, 0.1) is 7.11 Å². The van der Waals surface area contributed by atoms with Crippen molar-refractivity contribution in [2.24, 2.45) is 5.92 Å². The van der Waals surface area contributed by atoms with E-state index in [9.17, 15) is 19.2 Å². The highest BCUT2D eigenvalue weighted by molar-refractivity contribution is 6.45. The molecule has 0 aromatic heterocycles. The summed E-state index contributed by atoms with van der Waals surface area (Å²) in [6.45, 7) is 1.91. The molecule has 1 aromatic rings. The molecule has 0 unspecified atom stereocenters. The Morgan fingerprint density at radius 1 is 1.10 bits per heavy atom. The van der Waals surface area contributed by atoms with Crippen LogP contribution in [0.25, 0.3) is 0 Å². The zero-order chi connectivity index (χ0) is 21.0. The quantitative estimate of drug-likeness (QED) is 0.554. The predicted octanol–water partition coefficient (Wildman–Crippen LogP) is 1.72. The van der Waals surface area contributed by atoms with Crippen molar-refractivity contribution in [3.05, 3.63) is 29.8 Å². The summed E-state index contributed by atoms with van der Waals surface area (Å²) in [4.78, 5) is 51.4. The molecule has 0 spiro atoms. The fourth-order valence-electron chi connectivity index (χ4n) is 3.97. The van der Waals surface area contributed by atoms with Gasteiger partial charge in [-0.3, -0.25) is 19.3 Å². The van der Waals surface area contributed by atoms with Gasteiger partial charge in [-0.1, -0.05) is 31.9 Å². The largest absolute Gasteiger partial charge is 0.497 e. The number of urea groups is 1. The number of carbonyl (C=O) groups excluding carboxylic acids is 4. The summed E-state index contributed by atoms with van der Waals surface area (Å²) in [5.74, 6) is -1.29. The molecule has 1 aliphatic carbocycles. The van der Waals surface area contributed by atoms with Crippen molar-refractivity contribution in [1.29, 1.82) is 0 Å². The average molecular weight is 401 g/mol. The molecule has 8 nitrogen and oxygen atoms in total. The molecule has 8 heteroatoms. The second kappa shape index (κ2) is 9.07. The van der Waals surface area contributed by atoms with Gasteiger partial charge in [0, 0.05) is 12.6 Å². The maximum absolute atomic E-state index is 12.7.